The fraction of sp³-hybridized carbons (Fsp3) is 0.308. The number of carbonyl (C=O) groups is 1. The van der Waals surface area contributed by atoms with Crippen LogP contribution in [0.2, 0.25) is 0 Å². The van der Waals surface area contributed by atoms with Crippen LogP contribution in [0.15, 0.2) is 23.1 Å². The number of carbonyl (C=O) groups excluding carboxylic acids is 1. The molecule has 1 aliphatic rings. The van der Waals surface area contributed by atoms with Gasteiger partial charge in [-0.1, -0.05) is 0 Å². The highest BCUT2D eigenvalue weighted by atomic mass is 32.2. The average molecular weight is 279 g/mol. The van der Waals surface area contributed by atoms with E-state index in [0.717, 1.165) is 37.9 Å². The molecule has 1 N–H and O–H groups in total. The van der Waals surface area contributed by atoms with Crippen LogP contribution in [0.25, 0.3) is 10.1 Å². The monoisotopic (exact) mass is 279 g/mol. The molecule has 0 bridgehead atoms. The Morgan fingerprint density at radius 3 is 3.17 bits per heavy atom. The van der Waals surface area contributed by atoms with Gasteiger partial charge in [-0.15, -0.1) is 23.1 Å². The third-order valence-electron chi connectivity index (χ3n) is 2.77. The molecular formula is C13H13NO2S2. The number of hydrogen-bond donors (Lipinski definition) is 1. The van der Waals surface area contributed by atoms with Crippen molar-refractivity contribution in [3.63, 3.8) is 0 Å². The Kier molecular flexibility index (Phi) is 3.18. The molecule has 94 valence electrons. The number of hydrogen-bond acceptors (Lipinski definition) is 4. The predicted octanol–water partition coefficient (Wildman–Crippen LogP) is 3.14. The SMILES string of the molecule is CCOc1ccc2sc3c(c2c1)SCCNC3=O. The number of rotatable bonds is 2. The first-order valence-electron chi connectivity index (χ1n) is 5.90. The maximum Gasteiger partial charge on any atom is 0.262 e. The number of ether oxygens (including phenoxy) is 1. The second-order valence-corrected chi connectivity index (χ2v) is 6.11. The smallest absolute Gasteiger partial charge is 0.262 e. The van der Waals surface area contributed by atoms with Crippen LogP contribution in [0.5, 0.6) is 5.75 Å². The Hall–Kier alpha value is -1.20. The average Bonchev–Trinajstić information content (AvgIpc) is 2.63. The molecule has 3 nitrogen and oxygen atoms in total. The van der Waals surface area contributed by atoms with Crippen molar-refractivity contribution in [1.29, 1.82) is 0 Å². The van der Waals surface area contributed by atoms with Crippen molar-refractivity contribution >= 4 is 39.1 Å². The first-order chi connectivity index (χ1) is 8.79. The van der Waals surface area contributed by atoms with Crippen molar-refractivity contribution in [2.75, 3.05) is 18.9 Å². The van der Waals surface area contributed by atoms with Gasteiger partial charge in [-0.3, -0.25) is 4.79 Å². The minimum atomic E-state index is 0.0501. The number of nitrogens with one attached hydrogen (secondary N) is 1. The van der Waals surface area contributed by atoms with E-state index in [9.17, 15) is 4.79 Å². The molecule has 0 radical (unpaired) electrons. The summed E-state index contributed by atoms with van der Waals surface area (Å²) in [6.07, 6.45) is 0. The number of thiophene rings is 1. The molecule has 1 amide bonds. The Bertz CT molecular complexity index is 606. The molecule has 1 aromatic heterocycles. The highest BCUT2D eigenvalue weighted by Gasteiger charge is 2.21. The van der Waals surface area contributed by atoms with E-state index in [1.807, 2.05) is 25.1 Å². The van der Waals surface area contributed by atoms with Crippen molar-refractivity contribution in [2.45, 2.75) is 11.8 Å². The summed E-state index contributed by atoms with van der Waals surface area (Å²) >= 11 is 3.31. The molecule has 0 spiro atoms. The summed E-state index contributed by atoms with van der Waals surface area (Å²) in [5.74, 6) is 1.84. The molecule has 0 saturated heterocycles. The van der Waals surface area contributed by atoms with Gasteiger partial charge < -0.3 is 10.1 Å². The lowest BCUT2D eigenvalue weighted by Crippen LogP contribution is -2.22. The lowest BCUT2D eigenvalue weighted by molar-refractivity contribution is 0.0959. The van der Waals surface area contributed by atoms with Gasteiger partial charge >= 0.3 is 0 Å². The quantitative estimate of drug-likeness (QED) is 0.918. The standard InChI is InChI=1S/C13H13NO2S2/c1-2-16-8-3-4-10-9(7-8)11-12(18-10)13(15)14-5-6-17-11/h3-4,7H,2,5-6H2,1H3,(H,14,15). The topological polar surface area (TPSA) is 38.3 Å². The van der Waals surface area contributed by atoms with E-state index >= 15 is 0 Å². The predicted molar refractivity (Wildman–Crippen MR) is 76.1 cm³/mol. The van der Waals surface area contributed by atoms with Crippen LogP contribution >= 0.6 is 23.1 Å². The summed E-state index contributed by atoms with van der Waals surface area (Å²) in [7, 11) is 0. The van der Waals surface area contributed by atoms with E-state index < -0.39 is 0 Å². The van der Waals surface area contributed by atoms with Crippen molar-refractivity contribution < 1.29 is 9.53 Å². The largest absolute Gasteiger partial charge is 0.494 e. The van der Waals surface area contributed by atoms with Gasteiger partial charge in [0.15, 0.2) is 0 Å². The van der Waals surface area contributed by atoms with Crippen LogP contribution in [0, 0.1) is 0 Å². The summed E-state index contributed by atoms with van der Waals surface area (Å²) in [4.78, 5) is 13.9. The molecule has 2 heterocycles. The first kappa shape index (κ1) is 11.9. The number of benzene rings is 1. The maximum absolute atomic E-state index is 11.9. The second kappa shape index (κ2) is 4.82. The van der Waals surface area contributed by atoms with Gasteiger partial charge in [0.25, 0.3) is 5.91 Å². The van der Waals surface area contributed by atoms with Crippen LogP contribution in [-0.2, 0) is 0 Å². The zero-order valence-electron chi connectivity index (χ0n) is 9.99. The minimum Gasteiger partial charge on any atom is -0.494 e. The van der Waals surface area contributed by atoms with E-state index in [-0.39, 0.29) is 5.91 Å². The van der Waals surface area contributed by atoms with Gasteiger partial charge in [0.1, 0.15) is 10.6 Å². The summed E-state index contributed by atoms with van der Waals surface area (Å²) < 4.78 is 6.67. The van der Waals surface area contributed by atoms with Gasteiger partial charge in [-0.2, -0.15) is 0 Å². The summed E-state index contributed by atoms with van der Waals surface area (Å²) in [6, 6.07) is 6.04. The fourth-order valence-electron chi connectivity index (χ4n) is 2.00. The van der Waals surface area contributed by atoms with E-state index in [2.05, 4.69) is 5.32 Å². The Morgan fingerprint density at radius 2 is 2.33 bits per heavy atom. The third kappa shape index (κ3) is 1.97. The molecule has 0 saturated carbocycles. The lowest BCUT2D eigenvalue weighted by Gasteiger charge is -2.03. The molecule has 0 fully saturated rings. The zero-order chi connectivity index (χ0) is 12.5. The molecule has 2 aromatic rings. The zero-order valence-corrected chi connectivity index (χ0v) is 11.6. The molecule has 1 aromatic carbocycles. The van der Waals surface area contributed by atoms with Crippen LogP contribution < -0.4 is 10.1 Å². The molecule has 0 unspecified atom stereocenters. The van der Waals surface area contributed by atoms with Gasteiger partial charge in [0.2, 0.25) is 0 Å². The Morgan fingerprint density at radius 1 is 1.44 bits per heavy atom. The number of fused-ring (bicyclic) bond motifs is 3. The highest BCUT2D eigenvalue weighted by Crippen LogP contribution is 2.40. The minimum absolute atomic E-state index is 0.0501. The van der Waals surface area contributed by atoms with Crippen molar-refractivity contribution in [1.82, 2.24) is 5.32 Å². The highest BCUT2D eigenvalue weighted by molar-refractivity contribution is 7.99. The van der Waals surface area contributed by atoms with E-state index in [1.54, 1.807) is 23.1 Å². The second-order valence-electron chi connectivity index (χ2n) is 3.96. The molecule has 3 rings (SSSR count). The van der Waals surface area contributed by atoms with Crippen LogP contribution in [0.1, 0.15) is 16.6 Å². The Labute approximate surface area is 114 Å². The molecule has 0 atom stereocenters. The van der Waals surface area contributed by atoms with Crippen LogP contribution in [0.4, 0.5) is 0 Å². The third-order valence-corrected chi connectivity index (χ3v) is 5.18. The summed E-state index contributed by atoms with van der Waals surface area (Å²) in [6.45, 7) is 3.36. The van der Waals surface area contributed by atoms with Gasteiger partial charge in [-0.25, -0.2) is 0 Å². The Balaban J connectivity index is 2.16. The number of thioether (sulfide) groups is 1. The van der Waals surface area contributed by atoms with Crippen molar-refractivity contribution in [2.24, 2.45) is 0 Å². The molecular weight excluding hydrogens is 266 g/mol. The van der Waals surface area contributed by atoms with Crippen LogP contribution in [-0.4, -0.2) is 24.8 Å². The van der Waals surface area contributed by atoms with Crippen molar-refractivity contribution in [3.05, 3.63) is 23.1 Å². The number of amides is 1. The molecule has 18 heavy (non-hydrogen) atoms. The van der Waals surface area contributed by atoms with E-state index in [0.29, 0.717) is 6.61 Å². The normalized spacial score (nSPS) is 15.1. The molecule has 0 aliphatic carbocycles. The first-order valence-corrected chi connectivity index (χ1v) is 7.70. The summed E-state index contributed by atoms with van der Waals surface area (Å²) in [5, 5.41) is 4.06. The maximum atomic E-state index is 11.9. The molecule has 1 aliphatic heterocycles. The van der Waals surface area contributed by atoms with Crippen LogP contribution in [0.3, 0.4) is 0 Å². The van der Waals surface area contributed by atoms with E-state index in [4.69, 9.17) is 4.74 Å². The molecule has 5 heteroatoms. The van der Waals surface area contributed by atoms with Crippen molar-refractivity contribution in [3.8, 4) is 5.75 Å². The van der Waals surface area contributed by atoms with Gasteiger partial charge in [0, 0.05) is 27.3 Å². The van der Waals surface area contributed by atoms with E-state index in [1.165, 1.54) is 0 Å². The lowest BCUT2D eigenvalue weighted by atomic mass is 10.2. The van der Waals surface area contributed by atoms with Gasteiger partial charge in [-0.05, 0) is 25.1 Å². The fourth-order valence-corrected chi connectivity index (χ4v) is 4.32. The van der Waals surface area contributed by atoms with Gasteiger partial charge in [0.05, 0.1) is 6.61 Å². The summed E-state index contributed by atoms with van der Waals surface area (Å²) in [5.41, 5.74) is 0.